The Morgan fingerprint density at radius 2 is 1.93 bits per heavy atom. The quantitative estimate of drug-likeness (QED) is 0.448. The van der Waals surface area contributed by atoms with E-state index < -0.39 is 11.7 Å². The van der Waals surface area contributed by atoms with Gasteiger partial charge in [0.05, 0.1) is 15.8 Å². The van der Waals surface area contributed by atoms with Crippen LogP contribution in [0, 0.1) is 6.92 Å². The van der Waals surface area contributed by atoms with Gasteiger partial charge in [-0.05, 0) is 55.5 Å². The lowest BCUT2D eigenvalue weighted by Crippen LogP contribution is -2.09. The van der Waals surface area contributed by atoms with Crippen molar-refractivity contribution in [1.82, 2.24) is 0 Å². The molecule has 0 saturated heterocycles. The first kappa shape index (κ1) is 22.0. The van der Waals surface area contributed by atoms with Gasteiger partial charge in [0.2, 0.25) is 5.12 Å². The molecule has 8 heteroatoms. The topological polar surface area (TPSA) is 26.3 Å². The molecule has 2 aromatic carbocycles. The molecule has 0 bridgehead atoms. The van der Waals surface area contributed by atoms with E-state index in [1.54, 1.807) is 12.1 Å². The summed E-state index contributed by atoms with van der Waals surface area (Å²) in [6, 6.07) is 8.26. The molecule has 0 aliphatic heterocycles. The lowest BCUT2D eigenvalue weighted by molar-refractivity contribution is -0.137. The first-order valence-corrected chi connectivity index (χ1v) is 10.3. The van der Waals surface area contributed by atoms with E-state index in [1.165, 1.54) is 29.6 Å². The molecule has 1 atom stereocenters. The van der Waals surface area contributed by atoms with Crippen LogP contribution >= 0.6 is 35.1 Å². The van der Waals surface area contributed by atoms with E-state index in [0.29, 0.717) is 5.75 Å². The fourth-order valence-corrected chi connectivity index (χ4v) is 4.16. The molecule has 0 aliphatic rings. The number of rotatable bonds is 6. The van der Waals surface area contributed by atoms with Gasteiger partial charge < -0.3 is 4.74 Å². The number of carbonyl (C=O) groups excluding carboxylic acids is 1. The number of hydrogen-bond donors (Lipinski definition) is 0. The van der Waals surface area contributed by atoms with Gasteiger partial charge in [-0.3, -0.25) is 4.79 Å². The zero-order chi connectivity index (χ0) is 20.2. The average Bonchev–Trinajstić information content (AvgIpc) is 2.58. The monoisotopic (exact) mass is 434 g/mol. The van der Waals surface area contributed by atoms with Gasteiger partial charge in [-0.15, -0.1) is 11.8 Å². The van der Waals surface area contributed by atoms with Crippen LogP contribution in [0.4, 0.5) is 13.2 Å². The van der Waals surface area contributed by atoms with Gasteiger partial charge in [-0.2, -0.15) is 13.2 Å². The second-order valence-corrected chi connectivity index (χ2v) is 8.74. The summed E-state index contributed by atoms with van der Waals surface area (Å²) in [5.41, 5.74) is 0.146. The summed E-state index contributed by atoms with van der Waals surface area (Å²) < 4.78 is 43.9. The van der Waals surface area contributed by atoms with Gasteiger partial charge in [0.15, 0.2) is 0 Å². The number of ether oxygens (including phenoxy) is 1. The van der Waals surface area contributed by atoms with Crippen molar-refractivity contribution in [2.45, 2.75) is 37.1 Å². The lowest BCUT2D eigenvalue weighted by atomic mass is 10.2. The SMILES string of the molecule is CCSC(=O)C(C)Sc1cc(Oc2ccc(C(F)(F)F)cc2Cl)ccc1C. The lowest BCUT2D eigenvalue weighted by Gasteiger charge is -2.14. The van der Waals surface area contributed by atoms with Crippen LogP contribution in [0.25, 0.3) is 0 Å². The van der Waals surface area contributed by atoms with E-state index in [1.807, 2.05) is 26.8 Å². The summed E-state index contributed by atoms with van der Waals surface area (Å²) in [7, 11) is 0. The molecule has 0 fully saturated rings. The predicted octanol–water partition coefficient (Wildman–Crippen LogP) is 7.22. The Hall–Kier alpha value is -1.31. The van der Waals surface area contributed by atoms with Crippen LogP contribution in [0.1, 0.15) is 25.0 Å². The first-order chi connectivity index (χ1) is 12.6. The Kier molecular flexibility index (Phi) is 7.54. The predicted molar refractivity (Wildman–Crippen MR) is 106 cm³/mol. The average molecular weight is 435 g/mol. The van der Waals surface area contributed by atoms with Gasteiger partial charge in [-0.1, -0.05) is 36.4 Å². The van der Waals surface area contributed by atoms with Crippen LogP contribution in [0.5, 0.6) is 11.5 Å². The molecule has 146 valence electrons. The van der Waals surface area contributed by atoms with Crippen molar-refractivity contribution in [3.63, 3.8) is 0 Å². The van der Waals surface area contributed by atoms with Crippen molar-refractivity contribution >= 4 is 40.2 Å². The number of thioether (sulfide) groups is 2. The largest absolute Gasteiger partial charge is 0.456 e. The highest BCUT2D eigenvalue weighted by Gasteiger charge is 2.31. The minimum Gasteiger partial charge on any atom is -0.456 e. The molecule has 0 saturated carbocycles. The zero-order valence-corrected chi connectivity index (χ0v) is 17.3. The molecule has 1 unspecified atom stereocenters. The van der Waals surface area contributed by atoms with E-state index >= 15 is 0 Å². The molecule has 0 N–H and O–H groups in total. The third kappa shape index (κ3) is 6.09. The zero-order valence-electron chi connectivity index (χ0n) is 14.9. The highest BCUT2D eigenvalue weighted by Crippen LogP contribution is 2.38. The Morgan fingerprint density at radius 1 is 1.22 bits per heavy atom. The van der Waals surface area contributed by atoms with E-state index in [-0.39, 0.29) is 21.1 Å². The normalized spacial score (nSPS) is 12.7. The fraction of sp³-hybridized carbons (Fsp3) is 0.316. The van der Waals surface area contributed by atoms with Gasteiger partial charge >= 0.3 is 6.18 Å². The molecule has 2 rings (SSSR count). The molecule has 0 aromatic heterocycles. The summed E-state index contributed by atoms with van der Waals surface area (Å²) >= 11 is 8.64. The molecular weight excluding hydrogens is 417 g/mol. The standard InChI is InChI=1S/C19H18ClF3O2S2/c1-4-26-18(24)12(3)27-17-10-14(7-5-11(17)2)25-16-8-6-13(9-15(16)20)19(21,22)23/h5-10,12H,4H2,1-3H3. The molecule has 0 radical (unpaired) electrons. The van der Waals surface area contributed by atoms with Crippen LogP contribution in [0.2, 0.25) is 5.02 Å². The highest BCUT2D eigenvalue weighted by molar-refractivity contribution is 8.16. The number of hydrogen-bond acceptors (Lipinski definition) is 4. The molecule has 2 aromatic rings. The minimum atomic E-state index is -4.46. The molecule has 27 heavy (non-hydrogen) atoms. The molecule has 0 amide bonds. The summed E-state index contributed by atoms with van der Waals surface area (Å²) in [5, 5.41) is -0.250. The minimum absolute atomic E-state index is 0.0963. The van der Waals surface area contributed by atoms with Crippen LogP contribution in [0.15, 0.2) is 41.3 Å². The van der Waals surface area contributed by atoms with Crippen LogP contribution in [-0.4, -0.2) is 16.1 Å². The number of halogens is 4. The van der Waals surface area contributed by atoms with Gasteiger partial charge in [0, 0.05) is 4.90 Å². The number of aryl methyl sites for hydroxylation is 1. The molecule has 0 heterocycles. The summed E-state index contributed by atoms with van der Waals surface area (Å²) in [4.78, 5) is 12.9. The van der Waals surface area contributed by atoms with E-state index in [4.69, 9.17) is 16.3 Å². The Bertz CT molecular complexity index is 825. The van der Waals surface area contributed by atoms with Gasteiger partial charge in [-0.25, -0.2) is 0 Å². The third-order valence-electron chi connectivity index (χ3n) is 3.57. The maximum absolute atomic E-state index is 12.7. The van der Waals surface area contributed by atoms with Crippen molar-refractivity contribution in [2.75, 3.05) is 5.75 Å². The molecule has 0 aliphatic carbocycles. The maximum Gasteiger partial charge on any atom is 0.416 e. The Morgan fingerprint density at radius 3 is 2.52 bits per heavy atom. The van der Waals surface area contributed by atoms with Crippen molar-refractivity contribution in [3.8, 4) is 11.5 Å². The van der Waals surface area contributed by atoms with Crippen molar-refractivity contribution in [3.05, 3.63) is 52.5 Å². The number of benzene rings is 2. The second-order valence-electron chi connectivity index (χ2n) is 5.68. The van der Waals surface area contributed by atoms with Crippen molar-refractivity contribution in [1.29, 1.82) is 0 Å². The summed E-state index contributed by atoms with van der Waals surface area (Å²) in [5.74, 6) is 1.29. The maximum atomic E-state index is 12.7. The van der Waals surface area contributed by atoms with Crippen LogP contribution in [-0.2, 0) is 11.0 Å². The van der Waals surface area contributed by atoms with Gasteiger partial charge in [0.1, 0.15) is 11.5 Å². The highest BCUT2D eigenvalue weighted by atomic mass is 35.5. The summed E-state index contributed by atoms with van der Waals surface area (Å²) in [6.45, 7) is 5.68. The molecule has 0 spiro atoms. The number of carbonyl (C=O) groups is 1. The smallest absolute Gasteiger partial charge is 0.416 e. The fourth-order valence-electron chi connectivity index (χ4n) is 2.16. The first-order valence-electron chi connectivity index (χ1n) is 8.10. The van der Waals surface area contributed by atoms with Crippen molar-refractivity contribution in [2.24, 2.45) is 0 Å². The molecular formula is C19H18ClF3O2S2. The second kappa shape index (κ2) is 9.26. The Labute approximate surface area is 169 Å². The van der Waals surface area contributed by atoms with E-state index in [2.05, 4.69) is 0 Å². The van der Waals surface area contributed by atoms with E-state index in [9.17, 15) is 18.0 Å². The Balaban J connectivity index is 2.20. The van der Waals surface area contributed by atoms with Crippen molar-refractivity contribution < 1.29 is 22.7 Å². The number of alkyl halides is 3. The third-order valence-corrected chi connectivity index (χ3v) is 6.20. The van der Waals surface area contributed by atoms with Gasteiger partial charge in [0.25, 0.3) is 0 Å². The van der Waals surface area contributed by atoms with Crippen LogP contribution in [0.3, 0.4) is 0 Å². The molecule has 2 nitrogen and oxygen atoms in total. The summed E-state index contributed by atoms with van der Waals surface area (Å²) in [6.07, 6.45) is -4.46. The van der Waals surface area contributed by atoms with Crippen LogP contribution < -0.4 is 4.74 Å². The van der Waals surface area contributed by atoms with E-state index in [0.717, 1.165) is 28.3 Å².